The lowest BCUT2D eigenvalue weighted by atomic mass is 10.1. The maximum absolute atomic E-state index is 5.52. The molecule has 0 fully saturated rings. The highest BCUT2D eigenvalue weighted by Crippen LogP contribution is 1.97. The fourth-order valence-electron chi connectivity index (χ4n) is 0.567. The molecule has 0 aliphatic heterocycles. The van der Waals surface area contributed by atoms with Gasteiger partial charge in [-0.2, -0.15) is 0 Å². The van der Waals surface area contributed by atoms with E-state index in [0.717, 1.165) is 5.57 Å². The second-order valence-corrected chi connectivity index (χ2v) is 2.49. The van der Waals surface area contributed by atoms with Crippen molar-refractivity contribution in [3.8, 4) is 0 Å². The molecule has 13 heavy (non-hydrogen) atoms. The lowest BCUT2D eigenvalue weighted by molar-refractivity contribution is 0.883. The summed E-state index contributed by atoms with van der Waals surface area (Å²) >= 11 is 0. The number of rotatable bonds is 2. The Morgan fingerprint density at radius 3 is 1.69 bits per heavy atom. The van der Waals surface area contributed by atoms with Gasteiger partial charge >= 0.3 is 0 Å². The first-order chi connectivity index (χ1) is 6.13. The van der Waals surface area contributed by atoms with E-state index in [-0.39, 0.29) is 6.04 Å². The zero-order chi connectivity index (χ0) is 11.3. The summed E-state index contributed by atoms with van der Waals surface area (Å²) in [4.78, 5) is 0. The molecule has 1 heteroatoms. The lowest BCUT2D eigenvalue weighted by Crippen LogP contribution is -2.16. The predicted octanol–water partition coefficient (Wildman–Crippen LogP) is 3.91. The summed E-state index contributed by atoms with van der Waals surface area (Å²) in [6.45, 7) is 15.8. The second kappa shape index (κ2) is 17.5. The van der Waals surface area contributed by atoms with Crippen molar-refractivity contribution in [1.29, 1.82) is 0 Å². The first kappa shape index (κ1) is 18.3. The van der Waals surface area contributed by atoms with Gasteiger partial charge in [-0.05, 0) is 19.4 Å². The van der Waals surface area contributed by atoms with Gasteiger partial charge in [0, 0.05) is 6.04 Å². The number of allylic oxidation sites excluding steroid dienone is 1. The molecule has 0 amide bonds. The van der Waals surface area contributed by atoms with Gasteiger partial charge in [-0.25, -0.2) is 0 Å². The molecule has 0 bridgehead atoms. The van der Waals surface area contributed by atoms with Crippen LogP contribution >= 0.6 is 0 Å². The third-order valence-corrected chi connectivity index (χ3v) is 1.09. The minimum absolute atomic E-state index is 0.123. The standard InChI is InChI=1S/C7H13N.C3H8.C2H6/c1-4-7(5-2)6(3)8;1-3-2;1-2/h4-6H,1,8H2,2-3H3;3H2,1-2H3;1-2H3/b7-5+;;. The highest BCUT2D eigenvalue weighted by Gasteiger charge is 1.93. The number of hydrogen-bond donors (Lipinski definition) is 1. The Labute approximate surface area is 84.7 Å². The third-order valence-electron chi connectivity index (χ3n) is 1.09. The Morgan fingerprint density at radius 2 is 1.69 bits per heavy atom. The van der Waals surface area contributed by atoms with Gasteiger partial charge in [0.15, 0.2) is 0 Å². The fraction of sp³-hybridized carbons (Fsp3) is 0.667. The summed E-state index contributed by atoms with van der Waals surface area (Å²) in [6, 6.07) is 0.123. The molecule has 0 aliphatic rings. The average Bonchev–Trinajstić information content (AvgIpc) is 2.11. The summed E-state index contributed by atoms with van der Waals surface area (Å²) in [5, 5.41) is 0. The van der Waals surface area contributed by atoms with Crippen molar-refractivity contribution in [3.05, 3.63) is 24.3 Å². The first-order valence-electron chi connectivity index (χ1n) is 5.18. The maximum Gasteiger partial charge on any atom is 0.0262 e. The average molecular weight is 185 g/mol. The van der Waals surface area contributed by atoms with Crippen LogP contribution < -0.4 is 5.73 Å². The van der Waals surface area contributed by atoms with E-state index in [1.54, 1.807) is 6.08 Å². The predicted molar refractivity (Wildman–Crippen MR) is 64.9 cm³/mol. The molecule has 1 unspecified atom stereocenters. The van der Waals surface area contributed by atoms with E-state index in [2.05, 4.69) is 20.4 Å². The zero-order valence-corrected chi connectivity index (χ0v) is 10.2. The molecule has 0 aromatic rings. The van der Waals surface area contributed by atoms with E-state index in [1.165, 1.54) is 6.42 Å². The zero-order valence-electron chi connectivity index (χ0n) is 10.2. The van der Waals surface area contributed by atoms with E-state index in [9.17, 15) is 0 Å². The van der Waals surface area contributed by atoms with Crippen molar-refractivity contribution in [2.24, 2.45) is 5.73 Å². The summed E-state index contributed by atoms with van der Waals surface area (Å²) in [5.41, 5.74) is 6.62. The summed E-state index contributed by atoms with van der Waals surface area (Å²) < 4.78 is 0. The highest BCUT2D eigenvalue weighted by molar-refractivity contribution is 5.19. The summed E-state index contributed by atoms with van der Waals surface area (Å²) in [5.74, 6) is 0. The monoisotopic (exact) mass is 185 g/mol. The second-order valence-electron chi connectivity index (χ2n) is 2.49. The molecule has 0 aromatic carbocycles. The molecule has 0 saturated heterocycles. The molecule has 2 N–H and O–H groups in total. The van der Waals surface area contributed by atoms with Crippen LogP contribution in [0.2, 0.25) is 0 Å². The number of nitrogens with two attached hydrogens (primary N) is 1. The first-order valence-corrected chi connectivity index (χ1v) is 5.18. The van der Waals surface area contributed by atoms with Crippen molar-refractivity contribution in [1.82, 2.24) is 0 Å². The lowest BCUT2D eigenvalue weighted by Gasteiger charge is -2.02. The van der Waals surface area contributed by atoms with Crippen LogP contribution in [0.4, 0.5) is 0 Å². The Kier molecular flexibility index (Phi) is 24.6. The molecule has 1 atom stereocenters. The Bertz CT molecular complexity index is 112. The minimum Gasteiger partial charge on any atom is -0.324 e. The molecule has 0 heterocycles. The van der Waals surface area contributed by atoms with E-state index < -0.39 is 0 Å². The topological polar surface area (TPSA) is 26.0 Å². The Balaban J connectivity index is -0.000000169. The maximum atomic E-state index is 5.52. The normalized spacial score (nSPS) is 11.5. The van der Waals surface area contributed by atoms with E-state index in [0.29, 0.717) is 0 Å². The van der Waals surface area contributed by atoms with Crippen LogP contribution in [0.25, 0.3) is 0 Å². The van der Waals surface area contributed by atoms with Gasteiger partial charge < -0.3 is 5.73 Å². The van der Waals surface area contributed by atoms with Crippen molar-refractivity contribution in [2.75, 3.05) is 0 Å². The molecule has 0 spiro atoms. The van der Waals surface area contributed by atoms with Crippen LogP contribution in [0.1, 0.15) is 48.0 Å². The van der Waals surface area contributed by atoms with Crippen LogP contribution in [0.3, 0.4) is 0 Å². The molecule has 0 saturated carbocycles. The molecule has 0 radical (unpaired) electrons. The van der Waals surface area contributed by atoms with Gasteiger partial charge in [0.1, 0.15) is 0 Å². The summed E-state index contributed by atoms with van der Waals surface area (Å²) in [6.07, 6.45) is 5.00. The SMILES string of the molecule is C=C/C(=C\C)C(C)N.CC.CCC. The molecule has 0 aliphatic carbocycles. The molecular formula is C12H27N. The van der Waals surface area contributed by atoms with Gasteiger partial charge in [-0.1, -0.05) is 52.8 Å². The van der Waals surface area contributed by atoms with Crippen LogP contribution in [-0.2, 0) is 0 Å². The van der Waals surface area contributed by atoms with Gasteiger partial charge in [0.05, 0.1) is 0 Å². The molecular weight excluding hydrogens is 158 g/mol. The quantitative estimate of drug-likeness (QED) is 0.649. The van der Waals surface area contributed by atoms with Crippen LogP contribution in [-0.4, -0.2) is 6.04 Å². The van der Waals surface area contributed by atoms with Crippen molar-refractivity contribution >= 4 is 0 Å². The van der Waals surface area contributed by atoms with Gasteiger partial charge in [-0.15, -0.1) is 0 Å². The largest absolute Gasteiger partial charge is 0.324 e. The van der Waals surface area contributed by atoms with Crippen molar-refractivity contribution in [2.45, 2.75) is 54.0 Å². The molecule has 0 aromatic heterocycles. The third kappa shape index (κ3) is 18.4. The van der Waals surface area contributed by atoms with E-state index in [1.807, 2.05) is 33.8 Å². The van der Waals surface area contributed by atoms with Crippen LogP contribution in [0, 0.1) is 0 Å². The Morgan fingerprint density at radius 1 is 1.38 bits per heavy atom. The fourth-order valence-corrected chi connectivity index (χ4v) is 0.567. The molecule has 80 valence electrons. The van der Waals surface area contributed by atoms with E-state index in [4.69, 9.17) is 5.73 Å². The van der Waals surface area contributed by atoms with Gasteiger partial charge in [0.25, 0.3) is 0 Å². The number of hydrogen-bond acceptors (Lipinski definition) is 1. The van der Waals surface area contributed by atoms with Gasteiger partial charge in [-0.3, -0.25) is 0 Å². The van der Waals surface area contributed by atoms with Gasteiger partial charge in [0.2, 0.25) is 0 Å². The molecule has 0 rings (SSSR count). The Hall–Kier alpha value is -0.560. The highest BCUT2D eigenvalue weighted by atomic mass is 14.6. The smallest absolute Gasteiger partial charge is 0.0262 e. The molecule has 1 nitrogen and oxygen atoms in total. The van der Waals surface area contributed by atoms with Crippen LogP contribution in [0.5, 0.6) is 0 Å². The minimum atomic E-state index is 0.123. The van der Waals surface area contributed by atoms with Crippen LogP contribution in [0.15, 0.2) is 24.3 Å². The van der Waals surface area contributed by atoms with Crippen molar-refractivity contribution < 1.29 is 0 Å². The van der Waals surface area contributed by atoms with E-state index >= 15 is 0 Å². The summed E-state index contributed by atoms with van der Waals surface area (Å²) in [7, 11) is 0. The van der Waals surface area contributed by atoms with Crippen molar-refractivity contribution in [3.63, 3.8) is 0 Å².